The van der Waals surface area contributed by atoms with Gasteiger partial charge in [0, 0.05) is 6.54 Å². The van der Waals surface area contributed by atoms with Crippen LogP contribution in [0.25, 0.3) is 0 Å². The molecule has 0 saturated heterocycles. The average molecular weight is 172 g/mol. The minimum atomic E-state index is -0.0509. The largest absolute Gasteiger partial charge is 0.364 e. The lowest BCUT2D eigenvalue weighted by Crippen LogP contribution is -2.49. The highest BCUT2D eigenvalue weighted by Crippen LogP contribution is 1.74. The van der Waals surface area contributed by atoms with Gasteiger partial charge in [0.25, 0.3) is 0 Å². The Morgan fingerprint density at radius 1 is 1.44 bits per heavy atom. The second kappa shape index (κ2) is 6.16. The molecule has 5 heteroatoms. The third-order valence-electron chi connectivity index (χ3n) is 0.849. The lowest BCUT2D eigenvalue weighted by molar-refractivity contribution is 0.493. The molecule has 0 amide bonds. The van der Waals surface area contributed by atoms with Gasteiger partial charge in [-0.2, -0.15) is 0 Å². The predicted molar refractivity (Wildman–Crippen MR) is 42.7 cm³/mol. The Morgan fingerprint density at radius 3 is 2.33 bits per heavy atom. The van der Waals surface area contributed by atoms with Gasteiger partial charge >= 0.3 is 0 Å². The Labute approximate surface area is 66.9 Å². The maximum absolute atomic E-state index is 5.36. The molecule has 9 heavy (non-hydrogen) atoms. The summed E-state index contributed by atoms with van der Waals surface area (Å²) in [7, 11) is 0. The van der Waals surface area contributed by atoms with Crippen LogP contribution in [0.4, 0.5) is 0 Å². The van der Waals surface area contributed by atoms with E-state index in [4.69, 9.17) is 5.73 Å². The zero-order valence-electron chi connectivity index (χ0n) is 4.83. The van der Waals surface area contributed by atoms with Crippen molar-refractivity contribution >= 4 is 24.8 Å². The van der Waals surface area contributed by atoms with Gasteiger partial charge in [0.2, 0.25) is 0 Å². The van der Waals surface area contributed by atoms with Crippen LogP contribution < -0.4 is 16.4 Å². The Kier molecular flexibility index (Phi) is 8.08. The van der Waals surface area contributed by atoms with E-state index in [-0.39, 0.29) is 31.1 Å². The highest BCUT2D eigenvalue weighted by atomic mass is 35.5. The summed E-state index contributed by atoms with van der Waals surface area (Å²) in [5, 5.41) is 5.83. The fourth-order valence-electron chi connectivity index (χ4n) is 0.485. The summed E-state index contributed by atoms with van der Waals surface area (Å²) in [6, 6.07) is 0. The fourth-order valence-corrected chi connectivity index (χ4v) is 0.485. The number of nitrogens with two attached hydrogens (primary N) is 1. The van der Waals surface area contributed by atoms with Gasteiger partial charge in [0.1, 0.15) is 6.29 Å². The van der Waals surface area contributed by atoms with Crippen LogP contribution in [0.3, 0.4) is 0 Å². The normalized spacial score (nSPS) is 23.0. The molecular formula is C4H11Cl2N3. The van der Waals surface area contributed by atoms with Gasteiger partial charge in [-0.15, -0.1) is 24.8 Å². The Bertz CT molecular complexity index is 85.9. The van der Waals surface area contributed by atoms with E-state index in [1.807, 2.05) is 12.3 Å². The molecule has 1 unspecified atom stereocenters. The molecule has 1 aliphatic rings. The zero-order chi connectivity index (χ0) is 5.11. The number of hydrogen-bond donors (Lipinski definition) is 3. The van der Waals surface area contributed by atoms with E-state index in [0.717, 1.165) is 6.54 Å². The summed E-state index contributed by atoms with van der Waals surface area (Å²) in [5.74, 6) is 0. The monoisotopic (exact) mass is 171 g/mol. The third-order valence-corrected chi connectivity index (χ3v) is 0.849. The van der Waals surface area contributed by atoms with E-state index in [1.165, 1.54) is 0 Å². The number of hydrogen-bond acceptors (Lipinski definition) is 3. The molecule has 0 bridgehead atoms. The summed E-state index contributed by atoms with van der Waals surface area (Å²) < 4.78 is 0. The molecule has 56 valence electrons. The molecule has 0 aliphatic carbocycles. The van der Waals surface area contributed by atoms with E-state index in [1.54, 1.807) is 0 Å². The molecule has 1 rings (SSSR count). The second-order valence-electron chi connectivity index (χ2n) is 1.45. The van der Waals surface area contributed by atoms with Crippen LogP contribution in [-0.2, 0) is 0 Å². The minimum Gasteiger partial charge on any atom is -0.364 e. The highest BCUT2D eigenvalue weighted by Gasteiger charge is 1.96. The summed E-state index contributed by atoms with van der Waals surface area (Å²) in [6.07, 6.45) is 3.77. The number of halogens is 2. The fraction of sp³-hybridized carbons (Fsp3) is 0.500. The summed E-state index contributed by atoms with van der Waals surface area (Å²) in [6.45, 7) is 0.869. The lowest BCUT2D eigenvalue weighted by Gasteiger charge is -2.15. The first kappa shape index (κ1) is 11.8. The topological polar surface area (TPSA) is 50.1 Å². The standard InChI is InChI=1S/C4H9N3.2ClH/c5-4-6-2-1-3-7-4;;/h1-2,4,6-7H,3,5H2;2*1H. The molecule has 0 radical (unpaired) electrons. The lowest BCUT2D eigenvalue weighted by atomic mass is 10.5. The maximum Gasteiger partial charge on any atom is 0.129 e. The molecule has 4 N–H and O–H groups in total. The molecule has 0 aromatic rings. The van der Waals surface area contributed by atoms with Gasteiger partial charge in [0.05, 0.1) is 0 Å². The number of nitrogens with one attached hydrogen (secondary N) is 2. The highest BCUT2D eigenvalue weighted by molar-refractivity contribution is 5.85. The van der Waals surface area contributed by atoms with Crippen molar-refractivity contribution in [2.45, 2.75) is 6.29 Å². The van der Waals surface area contributed by atoms with E-state index < -0.39 is 0 Å². The summed E-state index contributed by atoms with van der Waals surface area (Å²) >= 11 is 0. The van der Waals surface area contributed by atoms with Crippen LogP contribution in [0.15, 0.2) is 12.3 Å². The maximum atomic E-state index is 5.36. The second-order valence-corrected chi connectivity index (χ2v) is 1.45. The Morgan fingerprint density at radius 2 is 2.11 bits per heavy atom. The predicted octanol–water partition coefficient (Wildman–Crippen LogP) is -0.221. The van der Waals surface area contributed by atoms with Crippen LogP contribution >= 0.6 is 24.8 Å². The van der Waals surface area contributed by atoms with Gasteiger partial charge in [-0.1, -0.05) is 6.08 Å². The molecule has 3 nitrogen and oxygen atoms in total. The molecular weight excluding hydrogens is 161 g/mol. The van der Waals surface area contributed by atoms with Crippen molar-refractivity contribution in [3.8, 4) is 0 Å². The molecule has 0 saturated carbocycles. The third kappa shape index (κ3) is 4.54. The molecule has 0 aromatic heterocycles. The van der Waals surface area contributed by atoms with Crippen molar-refractivity contribution in [3.63, 3.8) is 0 Å². The quantitative estimate of drug-likeness (QED) is 0.473. The van der Waals surface area contributed by atoms with E-state index in [9.17, 15) is 0 Å². The SMILES string of the molecule is Cl.Cl.NC1NC=CCN1. The van der Waals surface area contributed by atoms with Gasteiger partial charge < -0.3 is 5.32 Å². The molecule has 0 aromatic carbocycles. The Hall–Kier alpha value is 0.0400. The summed E-state index contributed by atoms with van der Waals surface area (Å²) in [5.41, 5.74) is 5.36. The van der Waals surface area contributed by atoms with E-state index in [2.05, 4.69) is 10.6 Å². The van der Waals surface area contributed by atoms with Crippen LogP contribution in [-0.4, -0.2) is 12.8 Å². The molecule has 1 heterocycles. The van der Waals surface area contributed by atoms with Crippen molar-refractivity contribution in [1.29, 1.82) is 0 Å². The number of rotatable bonds is 0. The first-order valence-corrected chi connectivity index (χ1v) is 2.29. The summed E-state index contributed by atoms with van der Waals surface area (Å²) in [4.78, 5) is 0. The van der Waals surface area contributed by atoms with Crippen molar-refractivity contribution in [1.82, 2.24) is 10.6 Å². The van der Waals surface area contributed by atoms with Crippen LogP contribution in [0.2, 0.25) is 0 Å². The Balaban J connectivity index is 0. The first-order valence-electron chi connectivity index (χ1n) is 2.29. The minimum absolute atomic E-state index is 0. The molecule has 0 fully saturated rings. The average Bonchev–Trinajstić information content (AvgIpc) is 1.69. The molecule has 1 aliphatic heterocycles. The van der Waals surface area contributed by atoms with Crippen molar-refractivity contribution in [2.24, 2.45) is 5.73 Å². The van der Waals surface area contributed by atoms with Gasteiger partial charge in [-0.3, -0.25) is 11.1 Å². The van der Waals surface area contributed by atoms with E-state index >= 15 is 0 Å². The van der Waals surface area contributed by atoms with Crippen molar-refractivity contribution < 1.29 is 0 Å². The molecule has 1 atom stereocenters. The van der Waals surface area contributed by atoms with E-state index in [0.29, 0.717) is 0 Å². The van der Waals surface area contributed by atoms with Crippen LogP contribution in [0, 0.1) is 0 Å². The van der Waals surface area contributed by atoms with Gasteiger partial charge in [-0.25, -0.2) is 0 Å². The van der Waals surface area contributed by atoms with Crippen LogP contribution in [0.5, 0.6) is 0 Å². The first-order chi connectivity index (χ1) is 3.39. The van der Waals surface area contributed by atoms with Gasteiger partial charge in [0.15, 0.2) is 0 Å². The van der Waals surface area contributed by atoms with Gasteiger partial charge in [-0.05, 0) is 6.20 Å². The van der Waals surface area contributed by atoms with Crippen LogP contribution in [0.1, 0.15) is 0 Å². The smallest absolute Gasteiger partial charge is 0.129 e. The van der Waals surface area contributed by atoms with Crippen molar-refractivity contribution in [3.05, 3.63) is 12.3 Å². The zero-order valence-corrected chi connectivity index (χ0v) is 6.47. The molecule has 0 spiro atoms. The van der Waals surface area contributed by atoms with Crippen molar-refractivity contribution in [2.75, 3.05) is 6.54 Å².